The topological polar surface area (TPSA) is 0 Å². The molecule has 29 heavy (non-hydrogen) atoms. The van der Waals surface area contributed by atoms with Crippen LogP contribution in [0.5, 0.6) is 0 Å². The van der Waals surface area contributed by atoms with Crippen LogP contribution in [0.1, 0.15) is 147 Å². The molecule has 1 aromatic carbocycles. The van der Waals surface area contributed by atoms with Crippen LogP contribution in [0.25, 0.3) is 0 Å². The average Bonchev–Trinajstić information content (AvgIpc) is 2.75. The molecule has 0 bridgehead atoms. The van der Waals surface area contributed by atoms with Crippen LogP contribution in [0.15, 0.2) is 24.3 Å². The SMILES string of the molecule is CCCCCCCCCCCCCCCCCCCCCCCc1cc[c]cc1. The lowest BCUT2D eigenvalue weighted by atomic mass is 10.0. The summed E-state index contributed by atoms with van der Waals surface area (Å²) >= 11 is 0. The van der Waals surface area contributed by atoms with E-state index in [4.69, 9.17) is 0 Å². The van der Waals surface area contributed by atoms with Gasteiger partial charge in [0, 0.05) is 0 Å². The third-order valence-electron chi connectivity index (χ3n) is 6.36. The van der Waals surface area contributed by atoms with Gasteiger partial charge in [-0.25, -0.2) is 0 Å². The van der Waals surface area contributed by atoms with Gasteiger partial charge in [-0.05, 0) is 24.5 Å². The lowest BCUT2D eigenvalue weighted by molar-refractivity contribution is 0.520. The molecule has 1 radical (unpaired) electrons. The van der Waals surface area contributed by atoms with E-state index >= 15 is 0 Å². The predicted octanol–water partition coefficient (Wildman–Crippen LogP) is 10.2. The van der Waals surface area contributed by atoms with Crippen molar-refractivity contribution >= 4 is 0 Å². The number of hydrogen-bond donors (Lipinski definition) is 0. The summed E-state index contributed by atoms with van der Waals surface area (Å²) in [6.45, 7) is 2.30. The highest BCUT2D eigenvalue weighted by Gasteiger charge is 1.96. The van der Waals surface area contributed by atoms with Gasteiger partial charge in [-0.1, -0.05) is 160 Å². The molecule has 0 spiro atoms. The third kappa shape index (κ3) is 19.0. The molecule has 1 aromatic rings. The molecular weight excluding hydrogens is 348 g/mol. The Bertz CT molecular complexity index is 407. The minimum absolute atomic E-state index is 1.24. The lowest BCUT2D eigenvalue weighted by Gasteiger charge is -2.04. The summed E-state index contributed by atoms with van der Waals surface area (Å²) in [5.41, 5.74) is 1.47. The molecule has 0 atom stereocenters. The number of aryl methyl sites for hydroxylation is 1. The quantitative estimate of drug-likeness (QED) is 0.170. The Morgan fingerprint density at radius 3 is 1.10 bits per heavy atom. The largest absolute Gasteiger partial charge is 0.0654 e. The van der Waals surface area contributed by atoms with Crippen LogP contribution in [0, 0.1) is 6.07 Å². The fraction of sp³-hybridized carbons (Fsp3) is 0.793. The van der Waals surface area contributed by atoms with Gasteiger partial charge >= 0.3 is 0 Å². The van der Waals surface area contributed by atoms with Crippen molar-refractivity contribution in [2.45, 2.75) is 148 Å². The first-order valence-corrected chi connectivity index (χ1v) is 13.4. The first-order chi connectivity index (χ1) is 14.4. The minimum Gasteiger partial charge on any atom is -0.0654 e. The Morgan fingerprint density at radius 2 is 0.759 bits per heavy atom. The highest BCUT2D eigenvalue weighted by molar-refractivity contribution is 5.13. The Morgan fingerprint density at radius 1 is 0.448 bits per heavy atom. The van der Waals surface area contributed by atoms with Gasteiger partial charge in [0.15, 0.2) is 0 Å². The third-order valence-corrected chi connectivity index (χ3v) is 6.36. The summed E-state index contributed by atoms with van der Waals surface area (Å²) < 4.78 is 0. The molecule has 0 saturated carbocycles. The number of hydrogen-bond acceptors (Lipinski definition) is 0. The van der Waals surface area contributed by atoms with E-state index in [0.29, 0.717) is 0 Å². The van der Waals surface area contributed by atoms with Crippen LogP contribution in [-0.4, -0.2) is 0 Å². The van der Waals surface area contributed by atoms with Crippen molar-refractivity contribution in [3.63, 3.8) is 0 Å². The van der Waals surface area contributed by atoms with Crippen LogP contribution >= 0.6 is 0 Å². The summed E-state index contributed by atoms with van der Waals surface area (Å²) in [6, 6.07) is 11.6. The highest BCUT2D eigenvalue weighted by atomic mass is 14.0. The van der Waals surface area contributed by atoms with Crippen LogP contribution in [0.4, 0.5) is 0 Å². The molecule has 0 N–H and O–H groups in total. The standard InChI is InChI=1S/C29H51/c1-2-3-4-5-6-7-8-9-10-11-12-13-14-15-16-17-18-19-20-21-23-26-29-27-24-22-25-28-29/h24-25,27-28H,2-21,23,26H2,1H3. The molecule has 0 aromatic heterocycles. The summed E-state index contributed by atoms with van der Waals surface area (Å²) in [5, 5.41) is 0. The fourth-order valence-corrected chi connectivity index (χ4v) is 4.35. The maximum atomic E-state index is 3.10. The molecule has 0 heteroatoms. The highest BCUT2D eigenvalue weighted by Crippen LogP contribution is 2.15. The van der Waals surface area contributed by atoms with Gasteiger partial charge in [-0.2, -0.15) is 0 Å². The molecule has 0 aliphatic carbocycles. The molecule has 0 nitrogen and oxygen atoms in total. The number of benzene rings is 1. The molecule has 0 fully saturated rings. The Labute approximate surface area is 184 Å². The summed E-state index contributed by atoms with van der Waals surface area (Å²) in [7, 11) is 0. The second-order valence-corrected chi connectivity index (χ2v) is 9.23. The molecule has 0 aliphatic rings. The average molecular weight is 400 g/mol. The van der Waals surface area contributed by atoms with Crippen molar-refractivity contribution in [2.24, 2.45) is 0 Å². The van der Waals surface area contributed by atoms with Crippen molar-refractivity contribution in [1.29, 1.82) is 0 Å². The minimum atomic E-state index is 1.24. The Kier molecular flexibility index (Phi) is 19.8. The second-order valence-electron chi connectivity index (χ2n) is 9.23. The van der Waals surface area contributed by atoms with Gasteiger partial charge in [0.05, 0.1) is 0 Å². The number of rotatable bonds is 22. The van der Waals surface area contributed by atoms with Crippen LogP contribution < -0.4 is 0 Å². The monoisotopic (exact) mass is 399 g/mol. The molecule has 1 rings (SSSR count). The molecular formula is C29H51. The predicted molar refractivity (Wildman–Crippen MR) is 132 cm³/mol. The zero-order chi connectivity index (χ0) is 20.7. The van der Waals surface area contributed by atoms with Crippen LogP contribution in [-0.2, 0) is 6.42 Å². The number of unbranched alkanes of at least 4 members (excludes halogenated alkanes) is 20. The van der Waals surface area contributed by atoms with E-state index in [-0.39, 0.29) is 0 Å². The van der Waals surface area contributed by atoms with Crippen LogP contribution in [0.2, 0.25) is 0 Å². The molecule has 0 unspecified atom stereocenters. The molecule has 0 aliphatic heterocycles. The molecule has 0 saturated heterocycles. The molecule has 167 valence electrons. The van der Waals surface area contributed by atoms with E-state index in [1.54, 1.807) is 0 Å². The van der Waals surface area contributed by atoms with E-state index < -0.39 is 0 Å². The zero-order valence-electron chi connectivity index (χ0n) is 19.9. The van der Waals surface area contributed by atoms with Crippen molar-refractivity contribution < 1.29 is 0 Å². The zero-order valence-corrected chi connectivity index (χ0v) is 19.9. The van der Waals surface area contributed by atoms with E-state index in [9.17, 15) is 0 Å². The smallest absolute Gasteiger partial charge is 0.0184 e. The van der Waals surface area contributed by atoms with Gasteiger partial charge in [0.2, 0.25) is 0 Å². The van der Waals surface area contributed by atoms with Crippen molar-refractivity contribution in [3.05, 3.63) is 35.9 Å². The molecule has 0 heterocycles. The lowest BCUT2D eigenvalue weighted by Crippen LogP contribution is -1.86. The summed E-state index contributed by atoms with van der Waals surface area (Å²) in [6.07, 6.45) is 31.8. The molecule has 0 amide bonds. The maximum Gasteiger partial charge on any atom is -0.0184 e. The van der Waals surface area contributed by atoms with E-state index in [1.807, 2.05) is 12.1 Å². The van der Waals surface area contributed by atoms with Crippen molar-refractivity contribution in [2.75, 3.05) is 0 Å². The second kappa shape index (κ2) is 21.9. The van der Waals surface area contributed by atoms with Gasteiger partial charge in [0.1, 0.15) is 0 Å². The van der Waals surface area contributed by atoms with E-state index in [0.717, 1.165) is 0 Å². The van der Waals surface area contributed by atoms with E-state index in [2.05, 4.69) is 25.1 Å². The first kappa shape index (κ1) is 26.3. The summed E-state index contributed by atoms with van der Waals surface area (Å²) in [4.78, 5) is 0. The van der Waals surface area contributed by atoms with Crippen molar-refractivity contribution in [1.82, 2.24) is 0 Å². The first-order valence-electron chi connectivity index (χ1n) is 13.4. The van der Waals surface area contributed by atoms with Crippen LogP contribution in [0.3, 0.4) is 0 Å². The maximum absolute atomic E-state index is 3.10. The normalized spacial score (nSPS) is 11.2. The van der Waals surface area contributed by atoms with Gasteiger partial charge in [-0.3, -0.25) is 0 Å². The fourth-order valence-electron chi connectivity index (χ4n) is 4.35. The Balaban J connectivity index is 1.66. The Hall–Kier alpha value is -0.780. The van der Waals surface area contributed by atoms with Crippen molar-refractivity contribution in [3.8, 4) is 0 Å². The summed E-state index contributed by atoms with van der Waals surface area (Å²) in [5.74, 6) is 0. The van der Waals surface area contributed by atoms with E-state index in [1.165, 1.54) is 147 Å². The van der Waals surface area contributed by atoms with Gasteiger partial charge in [0.25, 0.3) is 0 Å². The van der Waals surface area contributed by atoms with Gasteiger partial charge in [-0.15, -0.1) is 0 Å². The van der Waals surface area contributed by atoms with Gasteiger partial charge < -0.3 is 0 Å².